The van der Waals surface area contributed by atoms with Gasteiger partial charge in [0.15, 0.2) is 0 Å². The van der Waals surface area contributed by atoms with E-state index in [-0.39, 0.29) is 24.0 Å². The molecule has 5 nitrogen and oxygen atoms in total. The van der Waals surface area contributed by atoms with Crippen molar-refractivity contribution in [2.45, 2.75) is 97.1 Å². The molecule has 3 aliphatic carbocycles. The fraction of sp³-hybridized carbons (Fsp3) is 0.880. The zero-order valence-corrected chi connectivity index (χ0v) is 18.9. The maximum Gasteiger partial charge on any atom is 0.333 e. The number of ether oxygens (including phenoxy) is 2. The lowest BCUT2D eigenvalue weighted by Gasteiger charge is -2.67. The highest BCUT2D eigenvalue weighted by molar-refractivity contribution is 5.85. The van der Waals surface area contributed by atoms with Crippen LogP contribution in [0.3, 0.4) is 0 Å². The molecule has 3 saturated carbocycles. The van der Waals surface area contributed by atoms with Crippen LogP contribution in [0, 0.1) is 34.0 Å². The number of carbonyl (C=O) groups excluding carboxylic acids is 1. The van der Waals surface area contributed by atoms with Crippen LogP contribution >= 0.6 is 0 Å². The molecule has 30 heavy (non-hydrogen) atoms. The molecule has 2 N–H and O–H groups in total. The number of hydrogen-bond acceptors (Lipinski definition) is 5. The minimum atomic E-state index is -1.21. The predicted molar refractivity (Wildman–Crippen MR) is 112 cm³/mol. The Labute approximate surface area is 180 Å². The van der Waals surface area contributed by atoms with Gasteiger partial charge in [-0.05, 0) is 78.9 Å². The fourth-order valence-corrected chi connectivity index (χ4v) is 9.20. The third-order valence-electron chi connectivity index (χ3n) is 10.4. The average molecular weight is 419 g/mol. The quantitative estimate of drug-likeness (QED) is 0.664. The third kappa shape index (κ3) is 2.67. The fourth-order valence-electron chi connectivity index (χ4n) is 9.20. The highest BCUT2D eigenvalue weighted by Gasteiger charge is 2.67. The van der Waals surface area contributed by atoms with E-state index in [1.54, 1.807) is 0 Å². The minimum Gasteiger partial charge on any atom is -0.429 e. The van der Waals surface area contributed by atoms with E-state index >= 15 is 0 Å². The van der Waals surface area contributed by atoms with Crippen LogP contribution in [-0.2, 0) is 14.3 Å². The molecule has 0 bridgehead atoms. The van der Waals surface area contributed by atoms with Gasteiger partial charge in [0.25, 0.3) is 0 Å². The Morgan fingerprint density at radius 2 is 1.70 bits per heavy atom. The van der Waals surface area contributed by atoms with Gasteiger partial charge in [0.1, 0.15) is 0 Å². The molecule has 5 aliphatic rings. The Bertz CT molecular complexity index is 774. The molecule has 0 aromatic heterocycles. The van der Waals surface area contributed by atoms with E-state index in [0.717, 1.165) is 25.2 Å². The molecule has 4 fully saturated rings. The topological polar surface area (TPSA) is 76.0 Å². The smallest absolute Gasteiger partial charge is 0.333 e. The van der Waals surface area contributed by atoms with Crippen LogP contribution in [0.5, 0.6) is 0 Å². The van der Waals surface area contributed by atoms with Gasteiger partial charge in [0, 0.05) is 11.6 Å². The standard InChI is InChI=1S/C25H38O5/c1-22(2)8-5-9-23(3)17(22)6-10-24(4)18(23)7-11-25(14-26)19(24)13-16(30-25)15-12-20(27)29-21(15)28/h12,16-19,21,26,28H,5-11,13-14H2,1-4H3/t16-,17-,18+,19-,21+,23-,24+,25+/m0/s1. The Morgan fingerprint density at radius 1 is 1.00 bits per heavy atom. The zero-order valence-electron chi connectivity index (χ0n) is 18.9. The van der Waals surface area contributed by atoms with Crippen molar-refractivity contribution in [3.05, 3.63) is 11.6 Å². The summed E-state index contributed by atoms with van der Waals surface area (Å²) in [5, 5.41) is 20.7. The second-order valence-corrected chi connectivity index (χ2v) is 12.1. The Balaban J connectivity index is 1.50. The minimum absolute atomic E-state index is 0.000289. The Hall–Kier alpha value is -0.910. The molecular formula is C25H38O5. The van der Waals surface area contributed by atoms with E-state index in [4.69, 9.17) is 9.47 Å². The SMILES string of the molecule is CC1(C)CCC[C@]2(C)[C@H]3CC[C@]4(CO)O[C@H](C5=CC(=O)O[C@H]5O)C[C@H]4[C@]3(C)CC[C@@H]12. The first-order valence-electron chi connectivity index (χ1n) is 11.9. The molecule has 1 saturated heterocycles. The lowest BCUT2D eigenvalue weighted by Crippen LogP contribution is -2.62. The summed E-state index contributed by atoms with van der Waals surface area (Å²) in [5.41, 5.74) is 0.782. The summed E-state index contributed by atoms with van der Waals surface area (Å²) in [7, 11) is 0. The van der Waals surface area contributed by atoms with Crippen molar-refractivity contribution in [1.82, 2.24) is 0 Å². The molecular weight excluding hydrogens is 380 g/mol. The molecule has 0 aromatic rings. The van der Waals surface area contributed by atoms with Gasteiger partial charge in [-0.25, -0.2) is 4.79 Å². The van der Waals surface area contributed by atoms with Gasteiger partial charge in [-0.2, -0.15) is 0 Å². The molecule has 5 rings (SSSR count). The summed E-state index contributed by atoms with van der Waals surface area (Å²) in [4.78, 5) is 11.7. The van der Waals surface area contributed by atoms with Crippen molar-refractivity contribution < 1.29 is 24.5 Å². The first-order valence-corrected chi connectivity index (χ1v) is 11.9. The van der Waals surface area contributed by atoms with Crippen LogP contribution in [0.15, 0.2) is 11.6 Å². The molecule has 0 spiro atoms. The van der Waals surface area contributed by atoms with Crippen LogP contribution in [0.25, 0.3) is 0 Å². The first kappa shape index (κ1) is 21.0. The predicted octanol–water partition coefficient (Wildman–Crippen LogP) is 3.97. The Morgan fingerprint density at radius 3 is 2.37 bits per heavy atom. The largest absolute Gasteiger partial charge is 0.429 e. The summed E-state index contributed by atoms with van der Waals surface area (Å²) in [6, 6.07) is 0. The monoisotopic (exact) mass is 418 g/mol. The maximum absolute atomic E-state index is 11.7. The van der Waals surface area contributed by atoms with Crippen molar-refractivity contribution in [2.75, 3.05) is 6.61 Å². The number of aliphatic hydroxyl groups excluding tert-OH is 2. The molecule has 2 aliphatic heterocycles. The van der Waals surface area contributed by atoms with Crippen molar-refractivity contribution >= 4 is 5.97 Å². The second kappa shape index (κ2) is 6.55. The number of aliphatic hydroxyl groups is 2. The Kier molecular flexibility index (Phi) is 4.58. The molecule has 0 amide bonds. The van der Waals surface area contributed by atoms with E-state index in [2.05, 4.69) is 27.7 Å². The summed E-state index contributed by atoms with van der Waals surface area (Å²) < 4.78 is 11.4. The van der Waals surface area contributed by atoms with Gasteiger partial charge >= 0.3 is 5.97 Å². The number of carbonyl (C=O) groups is 1. The number of fused-ring (bicyclic) bond motifs is 5. The zero-order chi connectivity index (χ0) is 21.5. The third-order valence-corrected chi connectivity index (χ3v) is 10.4. The lowest BCUT2D eigenvalue weighted by atomic mass is 9.38. The molecule has 168 valence electrons. The first-order chi connectivity index (χ1) is 14.1. The van der Waals surface area contributed by atoms with Crippen LogP contribution < -0.4 is 0 Å². The highest BCUT2D eigenvalue weighted by atomic mass is 16.6. The molecule has 0 radical (unpaired) electrons. The number of rotatable bonds is 2. The van der Waals surface area contributed by atoms with Gasteiger partial charge in [0.2, 0.25) is 6.29 Å². The van der Waals surface area contributed by atoms with E-state index < -0.39 is 17.9 Å². The summed E-state index contributed by atoms with van der Waals surface area (Å²) in [6.07, 6.45) is 8.85. The van der Waals surface area contributed by atoms with Gasteiger partial charge in [-0.1, -0.05) is 34.1 Å². The number of hydrogen-bond donors (Lipinski definition) is 2. The van der Waals surface area contributed by atoms with E-state index in [1.807, 2.05) is 0 Å². The van der Waals surface area contributed by atoms with Crippen LogP contribution in [0.1, 0.15) is 79.1 Å². The second-order valence-electron chi connectivity index (χ2n) is 12.1. The van der Waals surface area contributed by atoms with Gasteiger partial charge in [-0.3, -0.25) is 0 Å². The number of cyclic esters (lactones) is 1. The normalized spacial score (nSPS) is 52.1. The molecule has 0 unspecified atom stereocenters. The molecule has 5 heteroatoms. The van der Waals surface area contributed by atoms with Gasteiger partial charge in [-0.15, -0.1) is 0 Å². The summed E-state index contributed by atoms with van der Waals surface area (Å²) in [5.74, 6) is 1.10. The maximum atomic E-state index is 11.7. The molecule has 8 atom stereocenters. The van der Waals surface area contributed by atoms with Crippen molar-refractivity contribution in [2.24, 2.45) is 34.0 Å². The van der Waals surface area contributed by atoms with Crippen molar-refractivity contribution in [1.29, 1.82) is 0 Å². The summed E-state index contributed by atoms with van der Waals surface area (Å²) in [6.45, 7) is 9.94. The van der Waals surface area contributed by atoms with Crippen LogP contribution in [0.4, 0.5) is 0 Å². The van der Waals surface area contributed by atoms with E-state index in [1.165, 1.54) is 38.2 Å². The summed E-state index contributed by atoms with van der Waals surface area (Å²) >= 11 is 0. The van der Waals surface area contributed by atoms with E-state index in [9.17, 15) is 15.0 Å². The molecule has 0 aromatic carbocycles. The van der Waals surface area contributed by atoms with Gasteiger partial charge < -0.3 is 19.7 Å². The van der Waals surface area contributed by atoms with E-state index in [0.29, 0.717) is 22.3 Å². The lowest BCUT2D eigenvalue weighted by molar-refractivity contribution is -0.212. The van der Waals surface area contributed by atoms with Crippen molar-refractivity contribution in [3.8, 4) is 0 Å². The van der Waals surface area contributed by atoms with Gasteiger partial charge in [0.05, 0.1) is 18.3 Å². The van der Waals surface area contributed by atoms with Crippen molar-refractivity contribution in [3.63, 3.8) is 0 Å². The van der Waals surface area contributed by atoms with Crippen LogP contribution in [-0.4, -0.2) is 40.8 Å². The number of esters is 1. The highest BCUT2D eigenvalue weighted by Crippen LogP contribution is 2.71. The van der Waals surface area contributed by atoms with Crippen LogP contribution in [0.2, 0.25) is 0 Å². The molecule has 2 heterocycles. The average Bonchev–Trinajstić information content (AvgIpc) is 3.21.